The summed E-state index contributed by atoms with van der Waals surface area (Å²) < 4.78 is 5.72. The van der Waals surface area contributed by atoms with Gasteiger partial charge in [0, 0.05) is 16.9 Å². The smallest absolute Gasteiger partial charge is 0.265 e. The van der Waals surface area contributed by atoms with Gasteiger partial charge in [-0.1, -0.05) is 36.4 Å². The van der Waals surface area contributed by atoms with Crippen molar-refractivity contribution in [2.75, 3.05) is 10.6 Å². The molecule has 0 unspecified atom stereocenters. The molecule has 0 spiro atoms. The van der Waals surface area contributed by atoms with E-state index in [4.69, 9.17) is 4.74 Å². The Morgan fingerprint density at radius 2 is 1.28 bits per heavy atom. The van der Waals surface area contributed by atoms with Crippen LogP contribution in [0.4, 0.5) is 11.4 Å². The number of para-hydroxylation sites is 2. The van der Waals surface area contributed by atoms with E-state index < -0.39 is 6.10 Å². The lowest BCUT2D eigenvalue weighted by Gasteiger charge is -2.16. The molecule has 0 aliphatic heterocycles. The first-order chi connectivity index (χ1) is 13.9. The Hall–Kier alpha value is -3.60. The molecule has 1 atom stereocenters. The highest BCUT2D eigenvalue weighted by molar-refractivity contribution is 6.04. The Balaban J connectivity index is 1.59. The van der Waals surface area contributed by atoms with Crippen molar-refractivity contribution in [3.05, 3.63) is 89.5 Å². The van der Waals surface area contributed by atoms with E-state index in [0.29, 0.717) is 11.3 Å². The van der Waals surface area contributed by atoms with Gasteiger partial charge in [-0.3, -0.25) is 9.59 Å². The maximum absolute atomic E-state index is 12.4. The van der Waals surface area contributed by atoms with Crippen molar-refractivity contribution in [3.8, 4) is 5.75 Å². The summed E-state index contributed by atoms with van der Waals surface area (Å²) in [5.74, 6) is 0.0849. The van der Waals surface area contributed by atoms with E-state index in [9.17, 15) is 9.59 Å². The number of hydrogen-bond donors (Lipinski definition) is 2. The molecule has 0 saturated carbocycles. The van der Waals surface area contributed by atoms with Crippen LogP contribution in [0.1, 0.15) is 28.4 Å². The molecule has 3 aromatic rings. The van der Waals surface area contributed by atoms with Crippen molar-refractivity contribution in [2.45, 2.75) is 26.9 Å². The summed E-state index contributed by atoms with van der Waals surface area (Å²) in [6.45, 7) is 5.56. The van der Waals surface area contributed by atoms with Crippen LogP contribution in [0, 0.1) is 13.8 Å². The van der Waals surface area contributed by atoms with Crippen LogP contribution in [0.25, 0.3) is 0 Å². The molecule has 0 fully saturated rings. The van der Waals surface area contributed by atoms with Crippen molar-refractivity contribution in [1.29, 1.82) is 0 Å². The van der Waals surface area contributed by atoms with Gasteiger partial charge in [0.25, 0.3) is 11.8 Å². The van der Waals surface area contributed by atoms with Gasteiger partial charge in [0.05, 0.1) is 0 Å². The zero-order chi connectivity index (χ0) is 20.8. The van der Waals surface area contributed by atoms with Crippen LogP contribution in [0.15, 0.2) is 72.8 Å². The van der Waals surface area contributed by atoms with E-state index >= 15 is 0 Å². The highest BCUT2D eigenvalue weighted by atomic mass is 16.5. The van der Waals surface area contributed by atoms with Crippen molar-refractivity contribution >= 4 is 23.2 Å². The third kappa shape index (κ3) is 5.23. The molecule has 2 amide bonds. The molecule has 3 rings (SSSR count). The molecule has 0 aliphatic rings. The van der Waals surface area contributed by atoms with Gasteiger partial charge < -0.3 is 15.4 Å². The van der Waals surface area contributed by atoms with Crippen LogP contribution in [0.5, 0.6) is 5.75 Å². The van der Waals surface area contributed by atoms with E-state index in [2.05, 4.69) is 10.6 Å². The Bertz CT molecular complexity index is 1010. The molecular weight excluding hydrogens is 364 g/mol. The van der Waals surface area contributed by atoms with Gasteiger partial charge in [-0.05, 0) is 68.3 Å². The predicted octanol–water partition coefficient (Wildman–Crippen LogP) is 4.96. The van der Waals surface area contributed by atoms with E-state index in [1.165, 1.54) is 0 Å². The molecule has 3 aromatic carbocycles. The quantitative estimate of drug-likeness (QED) is 0.627. The first kappa shape index (κ1) is 20.1. The third-order valence-corrected chi connectivity index (χ3v) is 4.59. The molecule has 0 saturated heterocycles. The highest BCUT2D eigenvalue weighted by Crippen LogP contribution is 2.19. The summed E-state index contributed by atoms with van der Waals surface area (Å²) in [6.07, 6.45) is -0.679. The minimum Gasteiger partial charge on any atom is -0.481 e. The summed E-state index contributed by atoms with van der Waals surface area (Å²) in [6, 6.07) is 21.9. The number of hydrogen-bond acceptors (Lipinski definition) is 3. The third-order valence-electron chi connectivity index (χ3n) is 4.59. The van der Waals surface area contributed by atoms with Crippen molar-refractivity contribution < 1.29 is 14.3 Å². The van der Waals surface area contributed by atoms with E-state index in [-0.39, 0.29) is 11.8 Å². The summed E-state index contributed by atoms with van der Waals surface area (Å²) in [4.78, 5) is 24.8. The van der Waals surface area contributed by atoms with Gasteiger partial charge in [0.15, 0.2) is 6.10 Å². The number of ether oxygens (including phenoxy) is 1. The van der Waals surface area contributed by atoms with Gasteiger partial charge in [-0.2, -0.15) is 0 Å². The average Bonchev–Trinajstić information content (AvgIpc) is 2.72. The number of nitrogens with one attached hydrogen (secondary N) is 2. The van der Waals surface area contributed by atoms with Crippen LogP contribution in [0.3, 0.4) is 0 Å². The van der Waals surface area contributed by atoms with E-state index in [0.717, 1.165) is 22.5 Å². The van der Waals surface area contributed by atoms with E-state index in [1.807, 2.05) is 62.4 Å². The maximum atomic E-state index is 12.4. The standard InChI is InChI=1S/C24H24N2O3/c1-16-8-4-6-10-21(16)25-23(27)18(3)29-20-14-12-19(13-15-20)24(28)26-22-11-7-5-9-17(22)2/h4-15,18H,1-3H3,(H,25,27)(H,26,28)/t18-/m1/s1. The minimum atomic E-state index is -0.679. The second-order valence-corrected chi connectivity index (χ2v) is 6.86. The normalized spacial score (nSPS) is 11.4. The van der Waals surface area contributed by atoms with Crippen LogP contribution in [-0.4, -0.2) is 17.9 Å². The number of amides is 2. The molecule has 0 heterocycles. The molecule has 0 radical (unpaired) electrons. The first-order valence-electron chi connectivity index (χ1n) is 9.44. The number of rotatable bonds is 6. The molecule has 148 valence electrons. The van der Waals surface area contributed by atoms with E-state index in [1.54, 1.807) is 31.2 Å². The molecule has 0 aliphatic carbocycles. The Morgan fingerprint density at radius 3 is 1.83 bits per heavy atom. The fraction of sp³-hybridized carbons (Fsp3) is 0.167. The van der Waals surface area contributed by atoms with Gasteiger partial charge in [-0.25, -0.2) is 0 Å². The van der Waals surface area contributed by atoms with Gasteiger partial charge in [-0.15, -0.1) is 0 Å². The summed E-state index contributed by atoms with van der Waals surface area (Å²) in [5, 5.41) is 5.76. The lowest BCUT2D eigenvalue weighted by Crippen LogP contribution is -2.30. The highest BCUT2D eigenvalue weighted by Gasteiger charge is 2.16. The molecule has 29 heavy (non-hydrogen) atoms. The second-order valence-electron chi connectivity index (χ2n) is 6.86. The van der Waals surface area contributed by atoms with Crippen molar-refractivity contribution in [1.82, 2.24) is 0 Å². The zero-order valence-corrected chi connectivity index (χ0v) is 16.7. The van der Waals surface area contributed by atoms with Crippen molar-refractivity contribution in [2.24, 2.45) is 0 Å². The van der Waals surface area contributed by atoms with Gasteiger partial charge in [0.1, 0.15) is 5.75 Å². The number of carbonyl (C=O) groups excluding carboxylic acids is 2. The van der Waals surface area contributed by atoms with Crippen LogP contribution in [0.2, 0.25) is 0 Å². The molecule has 0 bridgehead atoms. The fourth-order valence-corrected chi connectivity index (χ4v) is 2.80. The Morgan fingerprint density at radius 1 is 0.759 bits per heavy atom. The molecule has 0 aromatic heterocycles. The molecular formula is C24H24N2O3. The van der Waals surface area contributed by atoms with Gasteiger partial charge in [0.2, 0.25) is 0 Å². The number of carbonyl (C=O) groups is 2. The monoisotopic (exact) mass is 388 g/mol. The number of aryl methyl sites for hydroxylation is 2. The fourth-order valence-electron chi connectivity index (χ4n) is 2.80. The van der Waals surface area contributed by atoms with Crippen LogP contribution < -0.4 is 15.4 Å². The Labute approximate surface area is 170 Å². The largest absolute Gasteiger partial charge is 0.481 e. The lowest BCUT2D eigenvalue weighted by molar-refractivity contribution is -0.122. The Kier molecular flexibility index (Phi) is 6.29. The van der Waals surface area contributed by atoms with Crippen LogP contribution >= 0.6 is 0 Å². The van der Waals surface area contributed by atoms with Gasteiger partial charge >= 0.3 is 0 Å². The zero-order valence-electron chi connectivity index (χ0n) is 16.7. The lowest BCUT2D eigenvalue weighted by atomic mass is 10.1. The molecule has 5 nitrogen and oxygen atoms in total. The number of anilines is 2. The maximum Gasteiger partial charge on any atom is 0.265 e. The summed E-state index contributed by atoms with van der Waals surface area (Å²) in [7, 11) is 0. The number of benzene rings is 3. The first-order valence-corrected chi connectivity index (χ1v) is 9.44. The molecule has 5 heteroatoms. The van der Waals surface area contributed by atoms with Crippen molar-refractivity contribution in [3.63, 3.8) is 0 Å². The molecule has 2 N–H and O–H groups in total. The second kappa shape index (κ2) is 9.06. The predicted molar refractivity (Wildman–Crippen MR) is 115 cm³/mol. The van der Waals surface area contributed by atoms with Crippen LogP contribution in [-0.2, 0) is 4.79 Å². The summed E-state index contributed by atoms with van der Waals surface area (Å²) in [5.41, 5.74) is 4.03. The SMILES string of the molecule is Cc1ccccc1NC(=O)c1ccc(O[C@H](C)C(=O)Nc2ccccc2C)cc1. The topological polar surface area (TPSA) is 67.4 Å². The average molecular weight is 388 g/mol. The minimum absolute atomic E-state index is 0.198. The summed E-state index contributed by atoms with van der Waals surface area (Å²) >= 11 is 0.